The van der Waals surface area contributed by atoms with Crippen LogP contribution in [0.1, 0.15) is 18.4 Å². The lowest BCUT2D eigenvalue weighted by molar-refractivity contribution is 0.627. The molecule has 4 nitrogen and oxygen atoms in total. The third-order valence-corrected chi connectivity index (χ3v) is 3.44. The summed E-state index contributed by atoms with van der Waals surface area (Å²) in [5.74, 6) is -0.283. The molecule has 0 unspecified atom stereocenters. The molecule has 1 aliphatic rings. The number of nitrogens with one attached hydrogen (secondary N) is 1. The van der Waals surface area contributed by atoms with Crippen molar-refractivity contribution in [1.29, 1.82) is 0 Å². The van der Waals surface area contributed by atoms with Gasteiger partial charge in [-0.25, -0.2) is 9.07 Å². The molecule has 0 bridgehead atoms. The van der Waals surface area contributed by atoms with E-state index < -0.39 is 0 Å². The number of rotatable bonds is 4. The van der Waals surface area contributed by atoms with Gasteiger partial charge in [0.2, 0.25) is 0 Å². The first kappa shape index (κ1) is 13.0. The van der Waals surface area contributed by atoms with E-state index >= 15 is 0 Å². The van der Waals surface area contributed by atoms with Gasteiger partial charge >= 0.3 is 0 Å². The molecule has 0 atom stereocenters. The summed E-state index contributed by atoms with van der Waals surface area (Å²) in [4.78, 5) is 12.0. The van der Waals surface area contributed by atoms with Crippen LogP contribution in [0.3, 0.4) is 0 Å². The standard InChI is InChI=1S/C15H16FN3O/c1-19-15(20)11(9-17-13-6-7-13)8-14(18-19)10-2-4-12(16)5-3-10/h2-5,8,13,17H,6-7,9H2,1H3. The van der Waals surface area contributed by atoms with E-state index in [0.717, 1.165) is 5.56 Å². The van der Waals surface area contributed by atoms with Crippen molar-refractivity contribution in [2.45, 2.75) is 25.4 Å². The Hall–Kier alpha value is -2.01. The summed E-state index contributed by atoms with van der Waals surface area (Å²) in [5, 5.41) is 7.56. The number of halogens is 1. The van der Waals surface area contributed by atoms with Crippen molar-refractivity contribution in [1.82, 2.24) is 15.1 Å². The average Bonchev–Trinajstić information content (AvgIpc) is 3.25. The number of aryl methyl sites for hydroxylation is 1. The topological polar surface area (TPSA) is 46.9 Å². The third-order valence-electron chi connectivity index (χ3n) is 3.44. The van der Waals surface area contributed by atoms with Crippen LogP contribution < -0.4 is 10.9 Å². The molecule has 1 saturated carbocycles. The molecule has 0 amide bonds. The van der Waals surface area contributed by atoms with Gasteiger partial charge in [-0.1, -0.05) is 0 Å². The SMILES string of the molecule is Cn1nc(-c2ccc(F)cc2)cc(CNC2CC2)c1=O. The van der Waals surface area contributed by atoms with Gasteiger partial charge in [0.25, 0.3) is 5.56 Å². The van der Waals surface area contributed by atoms with Gasteiger partial charge in [0.1, 0.15) is 5.82 Å². The summed E-state index contributed by atoms with van der Waals surface area (Å²) in [6, 6.07) is 8.45. The Morgan fingerprint density at radius 2 is 2.05 bits per heavy atom. The Balaban J connectivity index is 1.94. The minimum absolute atomic E-state index is 0.0935. The molecule has 2 aromatic rings. The van der Waals surface area contributed by atoms with E-state index in [-0.39, 0.29) is 11.4 Å². The fourth-order valence-electron chi connectivity index (χ4n) is 2.10. The lowest BCUT2D eigenvalue weighted by Gasteiger charge is -2.08. The quantitative estimate of drug-likeness (QED) is 0.924. The van der Waals surface area contributed by atoms with Gasteiger partial charge in [-0.2, -0.15) is 5.10 Å². The van der Waals surface area contributed by atoms with E-state index in [1.54, 1.807) is 25.2 Å². The highest BCUT2D eigenvalue weighted by Crippen LogP contribution is 2.20. The van der Waals surface area contributed by atoms with E-state index in [1.165, 1.54) is 29.7 Å². The zero-order valence-electron chi connectivity index (χ0n) is 11.3. The van der Waals surface area contributed by atoms with Crippen LogP contribution in [-0.2, 0) is 13.6 Å². The van der Waals surface area contributed by atoms with Crippen LogP contribution in [0.5, 0.6) is 0 Å². The molecular formula is C15H16FN3O. The smallest absolute Gasteiger partial charge is 0.271 e. The molecule has 104 valence electrons. The summed E-state index contributed by atoms with van der Waals surface area (Å²) in [6.07, 6.45) is 2.35. The predicted molar refractivity (Wildman–Crippen MR) is 74.7 cm³/mol. The van der Waals surface area contributed by atoms with Crippen LogP contribution in [0.2, 0.25) is 0 Å². The minimum Gasteiger partial charge on any atom is -0.310 e. The first-order chi connectivity index (χ1) is 9.63. The van der Waals surface area contributed by atoms with Crippen molar-refractivity contribution in [3.8, 4) is 11.3 Å². The Morgan fingerprint density at radius 1 is 1.35 bits per heavy atom. The van der Waals surface area contributed by atoms with Gasteiger partial charge in [0.05, 0.1) is 5.69 Å². The highest BCUT2D eigenvalue weighted by atomic mass is 19.1. The number of hydrogen-bond acceptors (Lipinski definition) is 3. The Bertz CT molecular complexity index is 675. The molecule has 1 heterocycles. The monoisotopic (exact) mass is 273 g/mol. The van der Waals surface area contributed by atoms with Crippen LogP contribution in [0, 0.1) is 5.82 Å². The molecule has 5 heteroatoms. The van der Waals surface area contributed by atoms with Crippen molar-refractivity contribution in [3.63, 3.8) is 0 Å². The van der Waals surface area contributed by atoms with Gasteiger partial charge in [0.15, 0.2) is 0 Å². The summed E-state index contributed by atoms with van der Waals surface area (Å²) >= 11 is 0. The van der Waals surface area contributed by atoms with Gasteiger partial charge in [-0.3, -0.25) is 4.79 Å². The van der Waals surface area contributed by atoms with Gasteiger partial charge in [-0.05, 0) is 43.2 Å². The summed E-state index contributed by atoms with van der Waals surface area (Å²) in [5.41, 5.74) is 2.08. The normalized spacial score (nSPS) is 14.5. The maximum atomic E-state index is 13.0. The van der Waals surface area contributed by atoms with Crippen molar-refractivity contribution in [3.05, 3.63) is 52.1 Å². The first-order valence-corrected chi connectivity index (χ1v) is 6.70. The zero-order valence-corrected chi connectivity index (χ0v) is 11.3. The summed E-state index contributed by atoms with van der Waals surface area (Å²) in [6.45, 7) is 0.550. The fraction of sp³-hybridized carbons (Fsp3) is 0.333. The van der Waals surface area contributed by atoms with Crippen molar-refractivity contribution in [2.75, 3.05) is 0 Å². The molecule has 1 aromatic carbocycles. The lowest BCUT2D eigenvalue weighted by atomic mass is 10.1. The highest BCUT2D eigenvalue weighted by Gasteiger charge is 2.20. The van der Waals surface area contributed by atoms with Crippen LogP contribution in [-0.4, -0.2) is 15.8 Å². The second-order valence-corrected chi connectivity index (χ2v) is 5.15. The summed E-state index contributed by atoms with van der Waals surface area (Å²) < 4.78 is 14.3. The Morgan fingerprint density at radius 3 is 2.70 bits per heavy atom. The molecule has 0 aliphatic heterocycles. The fourth-order valence-corrected chi connectivity index (χ4v) is 2.10. The van der Waals surface area contributed by atoms with Gasteiger partial charge < -0.3 is 5.32 Å². The molecule has 1 fully saturated rings. The number of aromatic nitrogens is 2. The second-order valence-electron chi connectivity index (χ2n) is 5.15. The molecular weight excluding hydrogens is 257 g/mol. The molecule has 0 saturated heterocycles. The first-order valence-electron chi connectivity index (χ1n) is 6.70. The predicted octanol–water partition coefficient (Wildman–Crippen LogP) is 1.84. The molecule has 0 spiro atoms. The van der Waals surface area contributed by atoms with E-state index in [9.17, 15) is 9.18 Å². The van der Waals surface area contributed by atoms with Crippen LogP contribution in [0.25, 0.3) is 11.3 Å². The van der Waals surface area contributed by atoms with E-state index in [2.05, 4.69) is 10.4 Å². The third kappa shape index (κ3) is 2.77. The highest BCUT2D eigenvalue weighted by molar-refractivity contribution is 5.58. The largest absolute Gasteiger partial charge is 0.310 e. The van der Waals surface area contributed by atoms with Crippen molar-refractivity contribution >= 4 is 0 Å². The maximum Gasteiger partial charge on any atom is 0.271 e. The summed E-state index contributed by atoms with van der Waals surface area (Å²) in [7, 11) is 1.63. The molecule has 0 radical (unpaired) electrons. The van der Waals surface area contributed by atoms with Gasteiger partial charge in [-0.15, -0.1) is 0 Å². The van der Waals surface area contributed by atoms with Crippen LogP contribution >= 0.6 is 0 Å². The van der Waals surface area contributed by atoms with Crippen LogP contribution in [0.4, 0.5) is 4.39 Å². The average molecular weight is 273 g/mol. The van der Waals surface area contributed by atoms with E-state index in [1.807, 2.05) is 0 Å². The maximum absolute atomic E-state index is 13.0. The number of hydrogen-bond donors (Lipinski definition) is 1. The van der Waals surface area contributed by atoms with E-state index in [0.29, 0.717) is 23.8 Å². The Kier molecular flexibility index (Phi) is 3.36. The minimum atomic E-state index is -0.283. The second kappa shape index (κ2) is 5.17. The van der Waals surface area contributed by atoms with Crippen LogP contribution in [0.15, 0.2) is 35.1 Å². The number of benzene rings is 1. The number of nitrogens with zero attached hydrogens (tertiary/aromatic N) is 2. The lowest BCUT2D eigenvalue weighted by Crippen LogP contribution is -2.28. The molecule has 1 aromatic heterocycles. The van der Waals surface area contributed by atoms with Crippen molar-refractivity contribution < 1.29 is 4.39 Å². The zero-order chi connectivity index (χ0) is 14.1. The van der Waals surface area contributed by atoms with Gasteiger partial charge in [0, 0.05) is 30.8 Å². The molecule has 20 heavy (non-hydrogen) atoms. The van der Waals surface area contributed by atoms with Crippen molar-refractivity contribution in [2.24, 2.45) is 7.05 Å². The molecule has 1 N–H and O–H groups in total. The van der Waals surface area contributed by atoms with E-state index in [4.69, 9.17) is 0 Å². The Labute approximate surface area is 116 Å². The molecule has 1 aliphatic carbocycles. The molecule has 3 rings (SSSR count).